The topological polar surface area (TPSA) is 29.1 Å². The molecule has 0 saturated heterocycles. The lowest BCUT2D eigenvalue weighted by atomic mass is 10.0. The molecule has 0 atom stereocenters. The first-order valence-corrected chi connectivity index (χ1v) is 6.33. The zero-order chi connectivity index (χ0) is 11.1. The predicted molar refractivity (Wildman–Crippen MR) is 66.6 cm³/mol. The van der Waals surface area contributed by atoms with Crippen molar-refractivity contribution < 1.29 is 4.79 Å². The van der Waals surface area contributed by atoms with Crippen molar-refractivity contribution in [2.24, 2.45) is 0 Å². The number of carbonyl (C=O) groups excluding carboxylic acids is 1. The highest BCUT2D eigenvalue weighted by molar-refractivity contribution is 9.09. The summed E-state index contributed by atoms with van der Waals surface area (Å²) in [6.45, 7) is 2.78. The maximum Gasteiger partial charge on any atom is 0.251 e. The smallest absolute Gasteiger partial charge is 0.251 e. The average Bonchev–Trinajstić information content (AvgIpc) is 2.29. The van der Waals surface area contributed by atoms with E-state index in [-0.39, 0.29) is 5.91 Å². The van der Waals surface area contributed by atoms with Crippen molar-refractivity contribution in [3.05, 3.63) is 35.4 Å². The fourth-order valence-corrected chi connectivity index (χ4v) is 1.69. The van der Waals surface area contributed by atoms with Crippen LogP contribution >= 0.6 is 15.9 Å². The minimum Gasteiger partial charge on any atom is -0.352 e. The van der Waals surface area contributed by atoms with Gasteiger partial charge in [0.1, 0.15) is 0 Å². The molecule has 82 valence electrons. The number of benzene rings is 1. The van der Waals surface area contributed by atoms with E-state index in [0.717, 1.165) is 35.8 Å². The molecule has 0 heterocycles. The van der Waals surface area contributed by atoms with Gasteiger partial charge in [0.15, 0.2) is 0 Å². The molecule has 15 heavy (non-hydrogen) atoms. The molecular weight excluding hydrogens is 254 g/mol. The Morgan fingerprint density at radius 1 is 1.40 bits per heavy atom. The van der Waals surface area contributed by atoms with Crippen molar-refractivity contribution in [1.29, 1.82) is 0 Å². The quantitative estimate of drug-likeness (QED) is 0.647. The highest BCUT2D eigenvalue weighted by Crippen LogP contribution is 2.08. The Labute approximate surface area is 99.2 Å². The van der Waals surface area contributed by atoms with E-state index in [1.54, 1.807) is 0 Å². The first kappa shape index (κ1) is 12.2. The highest BCUT2D eigenvalue weighted by Gasteiger charge is 2.07. The average molecular weight is 270 g/mol. The van der Waals surface area contributed by atoms with Gasteiger partial charge in [-0.3, -0.25) is 4.79 Å². The monoisotopic (exact) mass is 269 g/mol. The van der Waals surface area contributed by atoms with Gasteiger partial charge in [0, 0.05) is 17.4 Å². The number of aryl methyl sites for hydroxylation is 1. The van der Waals surface area contributed by atoms with E-state index in [1.807, 2.05) is 24.3 Å². The SMILES string of the molecule is CCc1ccccc1C(=O)NCCCBr. The van der Waals surface area contributed by atoms with E-state index >= 15 is 0 Å². The van der Waals surface area contributed by atoms with E-state index in [9.17, 15) is 4.79 Å². The third-order valence-corrected chi connectivity index (χ3v) is 2.80. The summed E-state index contributed by atoms with van der Waals surface area (Å²) in [5, 5.41) is 3.82. The summed E-state index contributed by atoms with van der Waals surface area (Å²) in [7, 11) is 0. The predicted octanol–water partition coefficient (Wildman–Crippen LogP) is 2.76. The van der Waals surface area contributed by atoms with E-state index in [2.05, 4.69) is 28.2 Å². The van der Waals surface area contributed by atoms with Crippen molar-refractivity contribution in [3.63, 3.8) is 0 Å². The van der Waals surface area contributed by atoms with Crippen LogP contribution in [0.25, 0.3) is 0 Å². The molecule has 0 bridgehead atoms. The lowest BCUT2D eigenvalue weighted by Gasteiger charge is -2.07. The number of amides is 1. The molecule has 0 spiro atoms. The molecule has 1 aromatic carbocycles. The Balaban J connectivity index is 2.64. The zero-order valence-corrected chi connectivity index (χ0v) is 10.5. The second-order valence-electron chi connectivity index (χ2n) is 3.31. The third kappa shape index (κ3) is 3.67. The largest absolute Gasteiger partial charge is 0.352 e. The Morgan fingerprint density at radius 3 is 2.80 bits per heavy atom. The molecule has 1 amide bonds. The molecule has 1 aromatic rings. The number of halogens is 1. The molecule has 0 unspecified atom stereocenters. The summed E-state index contributed by atoms with van der Waals surface area (Å²) in [4.78, 5) is 11.8. The van der Waals surface area contributed by atoms with Crippen LogP contribution in [-0.4, -0.2) is 17.8 Å². The van der Waals surface area contributed by atoms with Gasteiger partial charge in [-0.1, -0.05) is 41.1 Å². The van der Waals surface area contributed by atoms with E-state index in [1.165, 1.54) is 0 Å². The van der Waals surface area contributed by atoms with Gasteiger partial charge in [0.2, 0.25) is 0 Å². The number of hydrogen-bond acceptors (Lipinski definition) is 1. The Morgan fingerprint density at radius 2 is 2.13 bits per heavy atom. The van der Waals surface area contributed by atoms with Gasteiger partial charge in [-0.05, 0) is 24.5 Å². The van der Waals surface area contributed by atoms with Crippen LogP contribution in [0, 0.1) is 0 Å². The molecule has 2 nitrogen and oxygen atoms in total. The summed E-state index contributed by atoms with van der Waals surface area (Å²) in [5.41, 5.74) is 1.91. The van der Waals surface area contributed by atoms with Crippen LogP contribution in [0.5, 0.6) is 0 Å². The van der Waals surface area contributed by atoms with E-state index < -0.39 is 0 Å². The summed E-state index contributed by atoms with van der Waals surface area (Å²) in [6, 6.07) is 7.74. The molecule has 0 fully saturated rings. The van der Waals surface area contributed by atoms with Crippen LogP contribution in [0.4, 0.5) is 0 Å². The second-order valence-corrected chi connectivity index (χ2v) is 4.10. The van der Waals surface area contributed by atoms with Crippen LogP contribution in [0.1, 0.15) is 29.3 Å². The lowest BCUT2D eigenvalue weighted by Crippen LogP contribution is -2.25. The zero-order valence-electron chi connectivity index (χ0n) is 8.92. The van der Waals surface area contributed by atoms with E-state index in [0.29, 0.717) is 0 Å². The summed E-state index contributed by atoms with van der Waals surface area (Å²) < 4.78 is 0. The lowest BCUT2D eigenvalue weighted by molar-refractivity contribution is 0.0953. The summed E-state index contributed by atoms with van der Waals surface area (Å²) in [6.07, 6.45) is 1.85. The molecule has 1 rings (SSSR count). The van der Waals surface area contributed by atoms with Crippen molar-refractivity contribution in [2.45, 2.75) is 19.8 Å². The van der Waals surface area contributed by atoms with Crippen LogP contribution in [0.2, 0.25) is 0 Å². The van der Waals surface area contributed by atoms with Crippen LogP contribution in [0.3, 0.4) is 0 Å². The molecule has 0 radical (unpaired) electrons. The maximum absolute atomic E-state index is 11.8. The van der Waals surface area contributed by atoms with Gasteiger partial charge in [0.05, 0.1) is 0 Å². The van der Waals surface area contributed by atoms with Gasteiger partial charge in [0.25, 0.3) is 5.91 Å². The minimum atomic E-state index is 0.0356. The molecule has 3 heteroatoms. The van der Waals surface area contributed by atoms with Gasteiger partial charge >= 0.3 is 0 Å². The third-order valence-electron chi connectivity index (χ3n) is 2.24. The van der Waals surface area contributed by atoms with Crippen molar-refractivity contribution >= 4 is 21.8 Å². The number of nitrogens with one attached hydrogen (secondary N) is 1. The number of rotatable bonds is 5. The maximum atomic E-state index is 11.8. The van der Waals surface area contributed by atoms with Crippen LogP contribution in [-0.2, 0) is 6.42 Å². The molecule has 0 aliphatic rings. The van der Waals surface area contributed by atoms with Crippen LogP contribution < -0.4 is 5.32 Å². The molecule has 0 aliphatic heterocycles. The van der Waals surface area contributed by atoms with Crippen LogP contribution in [0.15, 0.2) is 24.3 Å². The normalized spacial score (nSPS) is 10.0. The molecule has 0 aliphatic carbocycles. The number of carbonyl (C=O) groups is 1. The summed E-state index contributed by atoms with van der Waals surface area (Å²) in [5.74, 6) is 0.0356. The first-order valence-electron chi connectivity index (χ1n) is 5.21. The van der Waals surface area contributed by atoms with Gasteiger partial charge in [-0.2, -0.15) is 0 Å². The van der Waals surface area contributed by atoms with Crippen molar-refractivity contribution in [3.8, 4) is 0 Å². The fraction of sp³-hybridized carbons (Fsp3) is 0.417. The van der Waals surface area contributed by atoms with E-state index in [4.69, 9.17) is 0 Å². The standard InChI is InChI=1S/C12H16BrNO/c1-2-10-6-3-4-7-11(10)12(15)14-9-5-8-13/h3-4,6-7H,2,5,8-9H2,1H3,(H,14,15). The number of hydrogen-bond donors (Lipinski definition) is 1. The first-order chi connectivity index (χ1) is 7.29. The van der Waals surface area contributed by atoms with Gasteiger partial charge < -0.3 is 5.32 Å². The second kappa shape index (κ2) is 6.62. The Kier molecular flexibility index (Phi) is 5.40. The fourth-order valence-electron chi connectivity index (χ4n) is 1.41. The van der Waals surface area contributed by atoms with Crippen molar-refractivity contribution in [2.75, 3.05) is 11.9 Å². The molecule has 0 aromatic heterocycles. The van der Waals surface area contributed by atoms with Crippen molar-refractivity contribution in [1.82, 2.24) is 5.32 Å². The van der Waals surface area contributed by atoms with Gasteiger partial charge in [-0.15, -0.1) is 0 Å². The molecule has 1 N–H and O–H groups in total. The number of alkyl halides is 1. The highest BCUT2D eigenvalue weighted by atomic mass is 79.9. The summed E-state index contributed by atoms with van der Waals surface area (Å²) >= 11 is 3.33. The Bertz CT molecular complexity index is 325. The van der Waals surface area contributed by atoms with Gasteiger partial charge in [-0.25, -0.2) is 0 Å². The molecular formula is C12H16BrNO. The molecule has 0 saturated carbocycles. The Hall–Kier alpha value is -0.830. The minimum absolute atomic E-state index is 0.0356.